The molecule has 0 aliphatic carbocycles. The highest BCUT2D eigenvalue weighted by Crippen LogP contribution is 2.25. The summed E-state index contributed by atoms with van der Waals surface area (Å²) in [6.45, 7) is 3.47. The van der Waals surface area contributed by atoms with Gasteiger partial charge in [-0.2, -0.15) is 4.31 Å². The molecule has 0 fully saturated rings. The first-order valence-corrected chi connectivity index (χ1v) is 10.8. The minimum atomic E-state index is -4.09. The Morgan fingerprint density at radius 2 is 1.52 bits per heavy atom. The fraction of sp³-hybridized carbons (Fsp3) is 0.174. The molecule has 0 aliphatic rings. The molecule has 150 valence electrons. The fourth-order valence-corrected chi connectivity index (χ4v) is 4.34. The van der Waals surface area contributed by atoms with Crippen molar-refractivity contribution in [2.45, 2.75) is 25.2 Å². The van der Waals surface area contributed by atoms with Crippen LogP contribution in [0.4, 0.5) is 5.69 Å². The first-order chi connectivity index (χ1) is 13.9. The molecule has 3 aromatic carbocycles. The van der Waals surface area contributed by atoms with Crippen LogP contribution in [-0.2, 0) is 21.2 Å². The van der Waals surface area contributed by atoms with E-state index in [4.69, 9.17) is 4.74 Å². The maximum absolute atomic E-state index is 13.3. The van der Waals surface area contributed by atoms with Crippen molar-refractivity contribution in [3.8, 4) is 5.75 Å². The van der Waals surface area contributed by atoms with Crippen LogP contribution in [0.25, 0.3) is 0 Å². The fourth-order valence-electron chi connectivity index (χ4n) is 2.93. The van der Waals surface area contributed by atoms with Crippen molar-refractivity contribution in [3.05, 3.63) is 90.0 Å². The van der Waals surface area contributed by atoms with Gasteiger partial charge in [0.05, 0.1) is 10.6 Å². The van der Waals surface area contributed by atoms with Crippen LogP contribution in [0.5, 0.6) is 5.75 Å². The van der Waals surface area contributed by atoms with E-state index in [0.29, 0.717) is 5.75 Å². The van der Waals surface area contributed by atoms with E-state index in [2.05, 4.69) is 0 Å². The lowest BCUT2D eigenvalue weighted by molar-refractivity contribution is -0.119. The molecule has 0 aromatic heterocycles. The zero-order valence-electron chi connectivity index (χ0n) is 16.4. The Morgan fingerprint density at radius 3 is 2.17 bits per heavy atom. The second-order valence-corrected chi connectivity index (χ2v) is 8.35. The number of sulfonamides is 1. The second kappa shape index (κ2) is 8.92. The van der Waals surface area contributed by atoms with Gasteiger partial charge in [0.15, 0.2) is 6.61 Å². The number of rotatable bonds is 7. The minimum Gasteiger partial charge on any atom is -0.483 e. The lowest BCUT2D eigenvalue weighted by Gasteiger charge is -2.23. The van der Waals surface area contributed by atoms with E-state index in [1.165, 1.54) is 12.1 Å². The lowest BCUT2D eigenvalue weighted by atomic mass is 10.1. The number of aryl methyl sites for hydroxylation is 2. The average molecular weight is 410 g/mol. The number of nitrogens with zero attached hydrogens (tertiary/aromatic N) is 1. The van der Waals surface area contributed by atoms with E-state index < -0.39 is 22.5 Å². The van der Waals surface area contributed by atoms with Gasteiger partial charge in [0, 0.05) is 0 Å². The molecule has 0 spiro atoms. The van der Waals surface area contributed by atoms with Gasteiger partial charge in [-0.25, -0.2) is 8.42 Å². The van der Waals surface area contributed by atoms with Crippen molar-refractivity contribution < 1.29 is 17.9 Å². The van der Waals surface area contributed by atoms with Crippen molar-refractivity contribution in [1.29, 1.82) is 0 Å². The molecule has 0 saturated carbocycles. The summed E-state index contributed by atoms with van der Waals surface area (Å²) >= 11 is 0. The van der Waals surface area contributed by atoms with Gasteiger partial charge in [-0.1, -0.05) is 61.0 Å². The Labute approximate surface area is 171 Å². The number of amides is 1. The molecular weight excluding hydrogens is 386 g/mol. The monoisotopic (exact) mass is 409 g/mol. The summed E-state index contributed by atoms with van der Waals surface area (Å²) in [5, 5.41) is 0. The highest BCUT2D eigenvalue weighted by atomic mass is 32.2. The van der Waals surface area contributed by atoms with Crippen molar-refractivity contribution in [3.63, 3.8) is 0 Å². The van der Waals surface area contributed by atoms with E-state index in [0.717, 1.165) is 21.9 Å². The van der Waals surface area contributed by atoms with Crippen LogP contribution in [-0.4, -0.2) is 20.9 Å². The molecule has 0 bridgehead atoms. The molecule has 1 amide bonds. The molecule has 6 heteroatoms. The van der Waals surface area contributed by atoms with E-state index in [-0.39, 0.29) is 10.6 Å². The van der Waals surface area contributed by atoms with Crippen LogP contribution in [0.2, 0.25) is 0 Å². The number of benzene rings is 3. The van der Waals surface area contributed by atoms with Crippen LogP contribution < -0.4 is 9.04 Å². The number of hydrogen-bond acceptors (Lipinski definition) is 4. The van der Waals surface area contributed by atoms with Crippen LogP contribution in [0.1, 0.15) is 18.1 Å². The molecule has 0 atom stereocenters. The third kappa shape index (κ3) is 4.66. The van der Waals surface area contributed by atoms with E-state index in [9.17, 15) is 13.2 Å². The van der Waals surface area contributed by atoms with Crippen LogP contribution in [0.15, 0.2) is 83.8 Å². The topological polar surface area (TPSA) is 63.7 Å². The number of ether oxygens (including phenoxy) is 1. The van der Waals surface area contributed by atoms with Crippen LogP contribution in [0, 0.1) is 6.92 Å². The highest BCUT2D eigenvalue weighted by molar-refractivity contribution is 7.93. The third-order valence-corrected chi connectivity index (χ3v) is 6.24. The molecule has 0 saturated heterocycles. The normalized spacial score (nSPS) is 11.1. The Balaban J connectivity index is 1.93. The summed E-state index contributed by atoms with van der Waals surface area (Å²) in [7, 11) is -4.09. The van der Waals surface area contributed by atoms with Gasteiger partial charge in [0.25, 0.3) is 15.9 Å². The van der Waals surface area contributed by atoms with Crippen molar-refractivity contribution in [2.24, 2.45) is 0 Å². The summed E-state index contributed by atoms with van der Waals surface area (Å²) < 4.78 is 33.0. The Kier molecular flexibility index (Phi) is 6.34. The Morgan fingerprint density at radius 1 is 0.897 bits per heavy atom. The standard InChI is InChI=1S/C23H23NO4S/c1-3-19-9-7-8-12-22(19)28-17-23(25)24(20-10-5-4-6-11-20)29(26,27)21-15-13-18(2)14-16-21/h4-16H,3,17H2,1-2H3. The summed E-state index contributed by atoms with van der Waals surface area (Å²) in [6.07, 6.45) is 0.744. The van der Waals surface area contributed by atoms with Gasteiger partial charge in [0.2, 0.25) is 0 Å². The molecule has 5 nitrogen and oxygen atoms in total. The summed E-state index contributed by atoms with van der Waals surface area (Å²) in [4.78, 5) is 13.1. The smallest absolute Gasteiger partial charge is 0.278 e. The van der Waals surface area contributed by atoms with Gasteiger partial charge in [-0.3, -0.25) is 4.79 Å². The van der Waals surface area contributed by atoms with Gasteiger partial charge in [0.1, 0.15) is 5.75 Å². The maximum atomic E-state index is 13.3. The lowest BCUT2D eigenvalue weighted by Crippen LogP contribution is -2.40. The van der Waals surface area contributed by atoms with Crippen LogP contribution in [0.3, 0.4) is 0 Å². The van der Waals surface area contributed by atoms with Crippen molar-refractivity contribution >= 4 is 21.6 Å². The van der Waals surface area contributed by atoms with E-state index >= 15 is 0 Å². The Bertz CT molecular complexity index is 1080. The SMILES string of the molecule is CCc1ccccc1OCC(=O)N(c1ccccc1)S(=O)(=O)c1ccc(C)cc1. The molecule has 0 radical (unpaired) electrons. The average Bonchev–Trinajstić information content (AvgIpc) is 2.73. The Hall–Kier alpha value is -3.12. The maximum Gasteiger partial charge on any atom is 0.278 e. The zero-order valence-corrected chi connectivity index (χ0v) is 17.2. The highest BCUT2D eigenvalue weighted by Gasteiger charge is 2.31. The number of hydrogen-bond donors (Lipinski definition) is 0. The molecule has 29 heavy (non-hydrogen) atoms. The largest absolute Gasteiger partial charge is 0.483 e. The number of para-hydroxylation sites is 2. The molecule has 0 heterocycles. The quantitative estimate of drug-likeness (QED) is 0.582. The second-order valence-electron chi connectivity index (χ2n) is 6.56. The van der Waals surface area contributed by atoms with Crippen molar-refractivity contribution in [1.82, 2.24) is 0 Å². The minimum absolute atomic E-state index is 0.0502. The van der Waals surface area contributed by atoms with Gasteiger partial charge >= 0.3 is 0 Å². The predicted octanol–water partition coefficient (Wildman–Crippen LogP) is 4.36. The number of carbonyl (C=O) groups is 1. The molecule has 3 rings (SSSR count). The van der Waals surface area contributed by atoms with Crippen LogP contribution >= 0.6 is 0 Å². The number of carbonyl (C=O) groups excluding carboxylic acids is 1. The summed E-state index contributed by atoms with van der Waals surface area (Å²) in [6, 6.07) is 22.1. The first-order valence-electron chi connectivity index (χ1n) is 9.34. The molecule has 3 aromatic rings. The summed E-state index contributed by atoms with van der Waals surface area (Å²) in [5.41, 5.74) is 2.15. The van der Waals surface area contributed by atoms with Gasteiger partial charge in [-0.05, 0) is 49.2 Å². The molecule has 0 aliphatic heterocycles. The first kappa shape index (κ1) is 20.6. The molecule has 0 N–H and O–H groups in total. The molecular formula is C23H23NO4S. The van der Waals surface area contributed by atoms with E-state index in [1.807, 2.05) is 32.0 Å². The number of anilines is 1. The van der Waals surface area contributed by atoms with Gasteiger partial charge in [-0.15, -0.1) is 0 Å². The zero-order chi connectivity index (χ0) is 20.9. The summed E-state index contributed by atoms with van der Waals surface area (Å²) in [5.74, 6) is -0.0909. The van der Waals surface area contributed by atoms with Crippen molar-refractivity contribution in [2.75, 3.05) is 10.9 Å². The third-order valence-electron chi connectivity index (χ3n) is 4.48. The predicted molar refractivity (Wildman–Crippen MR) is 114 cm³/mol. The van der Waals surface area contributed by atoms with E-state index in [1.54, 1.807) is 48.5 Å². The molecule has 0 unspecified atom stereocenters. The van der Waals surface area contributed by atoms with Gasteiger partial charge < -0.3 is 4.74 Å².